The maximum atomic E-state index is 12.8. The molecule has 162 valence electrons. The number of carbonyl (C=O) groups excluding carboxylic acids is 2. The van der Waals surface area contributed by atoms with Crippen LogP contribution in [0.5, 0.6) is 0 Å². The summed E-state index contributed by atoms with van der Waals surface area (Å²) in [6.07, 6.45) is 2.39. The number of nitriles is 1. The molecule has 0 saturated carbocycles. The minimum Gasteiger partial charge on any atom is -0.322 e. The molecule has 0 spiro atoms. The number of pyridine rings is 1. The number of benzene rings is 2. The molecule has 0 fully saturated rings. The molecule has 3 aromatic rings. The Morgan fingerprint density at radius 1 is 1.03 bits per heavy atom. The molecule has 1 heterocycles. The van der Waals surface area contributed by atoms with Gasteiger partial charge in [0.25, 0.3) is 11.8 Å². The Morgan fingerprint density at radius 3 is 2.41 bits per heavy atom. The van der Waals surface area contributed by atoms with Gasteiger partial charge < -0.3 is 10.6 Å². The quantitative estimate of drug-likeness (QED) is 0.515. The van der Waals surface area contributed by atoms with Crippen molar-refractivity contribution < 1.29 is 9.59 Å². The summed E-state index contributed by atoms with van der Waals surface area (Å²) in [5, 5.41) is 15.2. The molecule has 32 heavy (non-hydrogen) atoms. The second-order valence-corrected chi connectivity index (χ2v) is 8.22. The fourth-order valence-corrected chi connectivity index (χ4v) is 3.20. The van der Waals surface area contributed by atoms with Crippen molar-refractivity contribution >= 4 is 34.8 Å². The number of rotatable bonds is 6. The Hall–Kier alpha value is -3.69. The standard InChI is InChI=1S/C25H23ClN4O2/c1-4-18-8-9-20(14-28-18)30-24(32)21-13-19(10-11-22(21)26)29-23(31)16-6-5-7-17(12-16)25(2,3)15-27/h5-14H,4H2,1-3H3,(H,29,31)(H,30,32). The third kappa shape index (κ3) is 5.32. The van der Waals surface area contributed by atoms with E-state index in [9.17, 15) is 14.9 Å². The largest absolute Gasteiger partial charge is 0.322 e. The molecule has 6 nitrogen and oxygen atoms in total. The van der Waals surface area contributed by atoms with Crippen molar-refractivity contribution in [3.8, 4) is 6.07 Å². The summed E-state index contributed by atoms with van der Waals surface area (Å²) in [4.78, 5) is 29.7. The van der Waals surface area contributed by atoms with E-state index in [-0.39, 0.29) is 16.5 Å². The lowest BCUT2D eigenvalue weighted by molar-refractivity contribution is 0.101. The van der Waals surface area contributed by atoms with Crippen LogP contribution in [0.4, 0.5) is 11.4 Å². The minimum atomic E-state index is -0.716. The second-order valence-electron chi connectivity index (χ2n) is 7.81. The highest BCUT2D eigenvalue weighted by atomic mass is 35.5. The summed E-state index contributed by atoms with van der Waals surface area (Å²) in [7, 11) is 0. The van der Waals surface area contributed by atoms with E-state index >= 15 is 0 Å². The summed E-state index contributed by atoms with van der Waals surface area (Å²) < 4.78 is 0. The topological polar surface area (TPSA) is 94.9 Å². The van der Waals surface area contributed by atoms with Crippen LogP contribution in [-0.2, 0) is 11.8 Å². The van der Waals surface area contributed by atoms with E-state index in [0.29, 0.717) is 16.9 Å². The lowest BCUT2D eigenvalue weighted by Gasteiger charge is -2.16. The Kier molecular flexibility index (Phi) is 6.92. The number of hydrogen-bond donors (Lipinski definition) is 2. The number of amides is 2. The molecule has 0 bridgehead atoms. The highest BCUT2D eigenvalue weighted by Crippen LogP contribution is 2.25. The van der Waals surface area contributed by atoms with Crippen LogP contribution < -0.4 is 10.6 Å². The van der Waals surface area contributed by atoms with Crippen molar-refractivity contribution in [1.29, 1.82) is 5.26 Å². The van der Waals surface area contributed by atoms with Gasteiger partial charge in [-0.25, -0.2) is 0 Å². The van der Waals surface area contributed by atoms with E-state index < -0.39 is 11.3 Å². The van der Waals surface area contributed by atoms with Gasteiger partial charge >= 0.3 is 0 Å². The lowest BCUT2D eigenvalue weighted by atomic mass is 9.85. The van der Waals surface area contributed by atoms with Crippen LogP contribution in [-0.4, -0.2) is 16.8 Å². The number of halogens is 1. The number of nitrogens with one attached hydrogen (secondary N) is 2. The molecule has 0 aliphatic rings. The zero-order valence-corrected chi connectivity index (χ0v) is 18.8. The minimum absolute atomic E-state index is 0.225. The Bertz CT molecular complexity index is 1200. The number of hydrogen-bond acceptors (Lipinski definition) is 4. The van der Waals surface area contributed by atoms with Gasteiger partial charge in [-0.05, 0) is 68.3 Å². The summed E-state index contributed by atoms with van der Waals surface area (Å²) >= 11 is 6.23. The molecule has 0 saturated heterocycles. The van der Waals surface area contributed by atoms with E-state index in [4.69, 9.17) is 11.6 Å². The average Bonchev–Trinajstić information content (AvgIpc) is 2.80. The third-order valence-electron chi connectivity index (χ3n) is 5.04. The first-order valence-corrected chi connectivity index (χ1v) is 10.5. The van der Waals surface area contributed by atoms with Gasteiger partial charge in [0, 0.05) is 16.9 Å². The number of aryl methyl sites for hydroxylation is 1. The van der Waals surface area contributed by atoms with Crippen LogP contribution >= 0.6 is 11.6 Å². The molecular formula is C25H23ClN4O2. The van der Waals surface area contributed by atoms with Crippen molar-refractivity contribution in [2.24, 2.45) is 0 Å². The zero-order chi connectivity index (χ0) is 23.3. The highest BCUT2D eigenvalue weighted by molar-refractivity contribution is 6.34. The Labute approximate surface area is 192 Å². The molecule has 0 radical (unpaired) electrons. The van der Waals surface area contributed by atoms with Crippen LogP contribution in [0.2, 0.25) is 5.02 Å². The first-order chi connectivity index (χ1) is 15.2. The van der Waals surface area contributed by atoms with E-state index in [0.717, 1.165) is 17.7 Å². The molecule has 0 aliphatic carbocycles. The summed E-state index contributed by atoms with van der Waals surface area (Å²) in [5.74, 6) is -0.761. The average molecular weight is 447 g/mol. The number of nitrogens with zero attached hydrogens (tertiary/aromatic N) is 2. The zero-order valence-electron chi connectivity index (χ0n) is 18.1. The predicted octanol–water partition coefficient (Wildman–Crippen LogP) is 5.60. The summed E-state index contributed by atoms with van der Waals surface area (Å²) in [6, 6.07) is 17.5. The molecule has 7 heteroatoms. The van der Waals surface area contributed by atoms with Gasteiger partial charge in [-0.3, -0.25) is 14.6 Å². The summed E-state index contributed by atoms with van der Waals surface area (Å²) in [6.45, 7) is 5.58. The molecule has 0 unspecified atom stereocenters. The van der Waals surface area contributed by atoms with Crippen molar-refractivity contribution in [3.63, 3.8) is 0 Å². The van der Waals surface area contributed by atoms with Gasteiger partial charge in [0.1, 0.15) is 0 Å². The normalized spacial score (nSPS) is 10.8. The first kappa shape index (κ1) is 23.0. The van der Waals surface area contributed by atoms with E-state index in [1.165, 1.54) is 6.07 Å². The molecule has 0 atom stereocenters. The van der Waals surface area contributed by atoms with Crippen LogP contribution in [0.1, 0.15) is 52.7 Å². The predicted molar refractivity (Wildman–Crippen MR) is 126 cm³/mol. The molecule has 2 N–H and O–H groups in total. The Morgan fingerprint density at radius 2 is 1.75 bits per heavy atom. The molecule has 1 aromatic heterocycles. The second kappa shape index (κ2) is 9.63. The molecule has 0 aliphatic heterocycles. The van der Waals surface area contributed by atoms with E-state index in [1.54, 1.807) is 56.4 Å². The number of carbonyl (C=O) groups is 2. The molecule has 2 aromatic carbocycles. The third-order valence-corrected chi connectivity index (χ3v) is 5.37. The van der Waals surface area contributed by atoms with E-state index in [1.807, 2.05) is 19.1 Å². The van der Waals surface area contributed by atoms with Crippen molar-refractivity contribution in [3.05, 3.63) is 88.2 Å². The maximum Gasteiger partial charge on any atom is 0.257 e. The molecular weight excluding hydrogens is 424 g/mol. The van der Waals surface area contributed by atoms with Crippen molar-refractivity contribution in [1.82, 2.24) is 4.98 Å². The van der Waals surface area contributed by atoms with Gasteiger partial charge in [0.05, 0.1) is 34.0 Å². The first-order valence-electron chi connectivity index (χ1n) is 10.1. The maximum absolute atomic E-state index is 12.8. The van der Waals surface area contributed by atoms with Gasteiger partial charge in [0.2, 0.25) is 0 Å². The van der Waals surface area contributed by atoms with Gasteiger partial charge in [-0.15, -0.1) is 0 Å². The lowest BCUT2D eigenvalue weighted by Crippen LogP contribution is -2.17. The molecule has 2 amide bonds. The fourth-order valence-electron chi connectivity index (χ4n) is 3.00. The van der Waals surface area contributed by atoms with Gasteiger partial charge in [-0.2, -0.15) is 5.26 Å². The van der Waals surface area contributed by atoms with Crippen LogP contribution in [0.15, 0.2) is 60.8 Å². The van der Waals surface area contributed by atoms with Gasteiger partial charge in [-0.1, -0.05) is 30.7 Å². The van der Waals surface area contributed by atoms with Gasteiger partial charge in [0.15, 0.2) is 0 Å². The monoisotopic (exact) mass is 446 g/mol. The molecule has 3 rings (SSSR count). The van der Waals surface area contributed by atoms with Crippen LogP contribution in [0.3, 0.4) is 0 Å². The SMILES string of the molecule is CCc1ccc(NC(=O)c2cc(NC(=O)c3cccc(C(C)(C)C#N)c3)ccc2Cl)cn1. The smallest absolute Gasteiger partial charge is 0.257 e. The van der Waals surface area contributed by atoms with Crippen LogP contribution in [0.25, 0.3) is 0 Å². The highest BCUT2D eigenvalue weighted by Gasteiger charge is 2.21. The fraction of sp³-hybridized carbons (Fsp3) is 0.200. The van der Waals surface area contributed by atoms with Crippen molar-refractivity contribution in [2.75, 3.05) is 10.6 Å². The van der Waals surface area contributed by atoms with Crippen LogP contribution in [0, 0.1) is 11.3 Å². The van der Waals surface area contributed by atoms with Crippen molar-refractivity contribution in [2.45, 2.75) is 32.6 Å². The Balaban J connectivity index is 1.78. The number of anilines is 2. The summed E-state index contributed by atoms with van der Waals surface area (Å²) in [5.41, 5.74) is 2.56. The number of aromatic nitrogens is 1. The van der Waals surface area contributed by atoms with E-state index in [2.05, 4.69) is 21.7 Å².